The molecule has 4 nitrogen and oxygen atoms in total. The Morgan fingerprint density at radius 3 is 1.64 bits per heavy atom. The van der Waals surface area contributed by atoms with Gasteiger partial charge in [0, 0.05) is 11.0 Å². The number of hydrogen-bond donors (Lipinski definition) is 0. The van der Waals surface area contributed by atoms with Gasteiger partial charge in [-0.05, 0) is 66.2 Å². The summed E-state index contributed by atoms with van der Waals surface area (Å²) in [5, 5.41) is 4.10. The molecule has 1 aliphatic rings. The van der Waals surface area contributed by atoms with E-state index in [4.69, 9.17) is 18.9 Å². The predicted octanol–water partition coefficient (Wildman–Crippen LogP) is 5.06. The van der Waals surface area contributed by atoms with Crippen molar-refractivity contribution in [3.63, 3.8) is 0 Å². The fourth-order valence-electron chi connectivity index (χ4n) is 5.64. The molecule has 0 radical (unpaired) electrons. The Balaban J connectivity index is 0.00000384. The highest BCUT2D eigenvalue weighted by atomic mass is 79.9. The summed E-state index contributed by atoms with van der Waals surface area (Å²) in [6.07, 6.45) is 0.478. The molecule has 44 heavy (non-hydrogen) atoms. The van der Waals surface area contributed by atoms with Crippen molar-refractivity contribution in [3.8, 4) is 17.2 Å². The zero-order chi connectivity index (χ0) is 29.7. The predicted molar refractivity (Wildman–Crippen MR) is 177 cm³/mol. The molecule has 0 aliphatic carbocycles. The van der Waals surface area contributed by atoms with E-state index in [0.29, 0.717) is 24.7 Å². The Morgan fingerprint density at radius 1 is 0.659 bits per heavy atom. The molecule has 1 fully saturated rings. The third-order valence-corrected chi connectivity index (χ3v) is 12.3. The number of methoxy groups -OCH3 is 1. The quantitative estimate of drug-likeness (QED) is 0.206. The standard InChI is InChI=1S/C38H38O4P.BrH/c1-38(2)27-40-37(41-28-38)30-21-24-35(39-3)36(25-30)42-31-22-19-29(20-23-31)26-43(32-13-7-4-8-14-32,33-15-9-5-10-16-33)34-17-11-6-12-18-34;/h4-25,37H,26-28H2,1-3H3;1H/q+1;/p-1. The zero-order valence-electron chi connectivity index (χ0n) is 25.4. The van der Waals surface area contributed by atoms with Gasteiger partial charge >= 0.3 is 0 Å². The van der Waals surface area contributed by atoms with Gasteiger partial charge in [-0.25, -0.2) is 0 Å². The number of ether oxygens (including phenoxy) is 4. The molecular weight excluding hydrogens is 631 g/mol. The van der Waals surface area contributed by atoms with Gasteiger partial charge in [0.2, 0.25) is 0 Å². The van der Waals surface area contributed by atoms with E-state index < -0.39 is 13.6 Å². The van der Waals surface area contributed by atoms with Crippen LogP contribution in [0.1, 0.15) is 31.3 Å². The van der Waals surface area contributed by atoms with Gasteiger partial charge in [-0.3, -0.25) is 0 Å². The minimum Gasteiger partial charge on any atom is -1.00 e. The van der Waals surface area contributed by atoms with Crippen LogP contribution in [0.2, 0.25) is 0 Å². The van der Waals surface area contributed by atoms with Crippen LogP contribution in [0, 0.1) is 5.41 Å². The Hall–Kier alpha value is -3.47. The van der Waals surface area contributed by atoms with E-state index in [1.165, 1.54) is 21.5 Å². The molecule has 6 heteroatoms. The average molecular weight is 670 g/mol. The Bertz CT molecular complexity index is 1520. The van der Waals surface area contributed by atoms with Crippen molar-refractivity contribution in [1.82, 2.24) is 0 Å². The molecule has 0 unspecified atom stereocenters. The van der Waals surface area contributed by atoms with Crippen molar-refractivity contribution in [2.24, 2.45) is 5.41 Å². The van der Waals surface area contributed by atoms with Crippen LogP contribution in [0.25, 0.3) is 0 Å². The van der Waals surface area contributed by atoms with Crippen LogP contribution in [0.15, 0.2) is 133 Å². The number of hydrogen-bond acceptors (Lipinski definition) is 4. The molecule has 6 rings (SSSR count). The monoisotopic (exact) mass is 668 g/mol. The van der Waals surface area contributed by atoms with Crippen LogP contribution in [-0.4, -0.2) is 20.3 Å². The molecule has 0 aromatic heterocycles. The second-order valence-electron chi connectivity index (χ2n) is 11.7. The van der Waals surface area contributed by atoms with E-state index in [0.717, 1.165) is 17.5 Å². The summed E-state index contributed by atoms with van der Waals surface area (Å²) in [6.45, 7) is 5.56. The van der Waals surface area contributed by atoms with E-state index in [1.807, 2.05) is 30.3 Å². The summed E-state index contributed by atoms with van der Waals surface area (Å²) < 4.78 is 24.0. The van der Waals surface area contributed by atoms with Gasteiger partial charge in [0.15, 0.2) is 17.8 Å². The lowest BCUT2D eigenvalue weighted by Crippen LogP contribution is -3.00. The highest BCUT2D eigenvalue weighted by Gasteiger charge is 2.45. The molecule has 0 saturated carbocycles. The minimum atomic E-state index is -1.99. The Kier molecular flexibility index (Phi) is 10.2. The van der Waals surface area contributed by atoms with Crippen molar-refractivity contribution in [2.75, 3.05) is 20.3 Å². The number of halogens is 1. The molecule has 0 N–H and O–H groups in total. The van der Waals surface area contributed by atoms with Gasteiger partial charge in [-0.15, -0.1) is 0 Å². The van der Waals surface area contributed by atoms with Crippen LogP contribution >= 0.6 is 7.26 Å². The topological polar surface area (TPSA) is 36.9 Å². The second kappa shape index (κ2) is 14.1. The van der Waals surface area contributed by atoms with Gasteiger partial charge in [0.1, 0.15) is 28.9 Å². The van der Waals surface area contributed by atoms with Crippen molar-refractivity contribution >= 4 is 23.2 Å². The molecule has 0 spiro atoms. The van der Waals surface area contributed by atoms with Crippen LogP contribution in [0.3, 0.4) is 0 Å². The summed E-state index contributed by atoms with van der Waals surface area (Å²) in [6, 6.07) is 47.2. The maximum absolute atomic E-state index is 6.38. The fraction of sp³-hybridized carbons (Fsp3) is 0.211. The zero-order valence-corrected chi connectivity index (χ0v) is 27.8. The van der Waals surface area contributed by atoms with Crippen molar-refractivity contribution in [3.05, 3.63) is 145 Å². The first-order valence-electron chi connectivity index (χ1n) is 14.7. The molecule has 226 valence electrons. The van der Waals surface area contributed by atoms with E-state index in [1.54, 1.807) is 7.11 Å². The molecule has 5 aromatic carbocycles. The lowest BCUT2D eigenvalue weighted by Gasteiger charge is -2.34. The molecule has 1 aliphatic heterocycles. The maximum Gasteiger partial charge on any atom is 0.183 e. The number of benzene rings is 5. The van der Waals surface area contributed by atoms with Gasteiger partial charge < -0.3 is 35.9 Å². The average Bonchev–Trinajstić information content (AvgIpc) is 3.06. The fourth-order valence-corrected chi connectivity index (χ4v) is 9.88. The van der Waals surface area contributed by atoms with E-state index in [2.05, 4.69) is 117 Å². The van der Waals surface area contributed by atoms with Gasteiger partial charge in [-0.1, -0.05) is 86.6 Å². The lowest BCUT2D eigenvalue weighted by molar-refractivity contribution is -0.226. The lowest BCUT2D eigenvalue weighted by atomic mass is 9.95. The van der Waals surface area contributed by atoms with Gasteiger partial charge in [0.05, 0.1) is 26.5 Å². The number of rotatable bonds is 9. The molecule has 0 bridgehead atoms. The second-order valence-corrected chi connectivity index (χ2v) is 15.2. The van der Waals surface area contributed by atoms with Crippen LogP contribution in [0.5, 0.6) is 17.2 Å². The third kappa shape index (κ3) is 6.92. The van der Waals surface area contributed by atoms with Gasteiger partial charge in [0.25, 0.3) is 0 Å². The largest absolute Gasteiger partial charge is 1.00 e. The highest BCUT2D eigenvalue weighted by Crippen LogP contribution is 2.58. The third-order valence-electron chi connectivity index (χ3n) is 7.87. The van der Waals surface area contributed by atoms with Crippen LogP contribution in [0.4, 0.5) is 0 Å². The van der Waals surface area contributed by atoms with Crippen LogP contribution in [-0.2, 0) is 15.6 Å². The molecule has 0 atom stereocenters. The molecule has 1 heterocycles. The van der Waals surface area contributed by atoms with Crippen molar-refractivity contribution in [1.29, 1.82) is 0 Å². The highest BCUT2D eigenvalue weighted by molar-refractivity contribution is 7.95. The molecule has 5 aromatic rings. The molecular formula is C38H38BrO4P. The van der Waals surface area contributed by atoms with E-state index in [9.17, 15) is 0 Å². The summed E-state index contributed by atoms with van der Waals surface area (Å²) in [5.41, 5.74) is 2.17. The molecule has 1 saturated heterocycles. The Labute approximate surface area is 272 Å². The van der Waals surface area contributed by atoms with Crippen molar-refractivity contribution in [2.45, 2.75) is 26.3 Å². The SMILES string of the molecule is COc1ccc(C2OCC(C)(C)CO2)cc1Oc1ccc(C[P+](c2ccccc2)(c2ccccc2)c2ccccc2)cc1.[Br-]. The van der Waals surface area contributed by atoms with E-state index in [-0.39, 0.29) is 22.4 Å². The smallest absolute Gasteiger partial charge is 0.183 e. The first-order chi connectivity index (χ1) is 21.0. The normalized spacial score (nSPS) is 14.8. The van der Waals surface area contributed by atoms with Crippen molar-refractivity contribution < 1.29 is 35.9 Å². The first-order valence-corrected chi connectivity index (χ1v) is 16.7. The first kappa shape index (κ1) is 31.9. The molecule has 0 amide bonds. The maximum atomic E-state index is 6.38. The van der Waals surface area contributed by atoms with Gasteiger partial charge in [-0.2, -0.15) is 0 Å². The summed E-state index contributed by atoms with van der Waals surface area (Å²) in [4.78, 5) is 0. The van der Waals surface area contributed by atoms with Crippen LogP contribution < -0.4 is 42.4 Å². The summed E-state index contributed by atoms with van der Waals surface area (Å²) in [5.74, 6) is 2.03. The summed E-state index contributed by atoms with van der Waals surface area (Å²) in [7, 11) is -0.336. The summed E-state index contributed by atoms with van der Waals surface area (Å²) >= 11 is 0. The van der Waals surface area contributed by atoms with E-state index >= 15 is 0 Å². The minimum absolute atomic E-state index is 0. The Morgan fingerprint density at radius 2 is 1.16 bits per heavy atom.